The molecule has 1 aromatic heterocycles. The van der Waals surface area contributed by atoms with Crippen LogP contribution in [-0.4, -0.2) is 34.9 Å². The fraction of sp³-hybridized carbons (Fsp3) is 0.455. The van der Waals surface area contributed by atoms with Gasteiger partial charge in [0.2, 0.25) is 5.91 Å². The molecule has 7 heteroatoms. The van der Waals surface area contributed by atoms with Gasteiger partial charge in [-0.1, -0.05) is 11.6 Å². The Morgan fingerprint density at radius 1 is 1.22 bits per heavy atom. The van der Waals surface area contributed by atoms with Crippen LogP contribution in [0, 0.1) is 5.92 Å². The molecule has 0 saturated heterocycles. The third-order valence-electron chi connectivity index (χ3n) is 2.51. The lowest BCUT2D eigenvalue weighted by Gasteiger charge is -2.05. The van der Waals surface area contributed by atoms with Gasteiger partial charge in [0.05, 0.1) is 12.4 Å². The first-order valence-electron chi connectivity index (χ1n) is 5.70. The predicted octanol–water partition coefficient (Wildman–Crippen LogP) is 0.386. The summed E-state index contributed by atoms with van der Waals surface area (Å²) in [6.45, 7) is 0.781. The van der Waals surface area contributed by atoms with Gasteiger partial charge in [0.25, 0.3) is 5.91 Å². The molecule has 1 aromatic rings. The molecular formula is C11H13ClN4O2. The maximum Gasteiger partial charge on any atom is 0.271 e. The number of aromatic nitrogens is 2. The fourth-order valence-corrected chi connectivity index (χ4v) is 1.47. The zero-order valence-electron chi connectivity index (χ0n) is 9.65. The summed E-state index contributed by atoms with van der Waals surface area (Å²) in [5, 5.41) is 5.62. The number of rotatable bonds is 5. The molecule has 1 heterocycles. The minimum Gasteiger partial charge on any atom is -0.354 e. The molecule has 0 unspecified atom stereocenters. The topological polar surface area (TPSA) is 84.0 Å². The number of nitrogens with zero attached hydrogens (tertiary/aromatic N) is 2. The van der Waals surface area contributed by atoms with Crippen LogP contribution in [0.2, 0.25) is 5.15 Å². The van der Waals surface area contributed by atoms with Crippen molar-refractivity contribution in [3.05, 3.63) is 23.2 Å². The minimum absolute atomic E-state index is 0.0653. The maximum atomic E-state index is 11.6. The van der Waals surface area contributed by atoms with Gasteiger partial charge >= 0.3 is 0 Å². The van der Waals surface area contributed by atoms with Crippen LogP contribution in [0.5, 0.6) is 0 Å². The zero-order chi connectivity index (χ0) is 13.0. The summed E-state index contributed by atoms with van der Waals surface area (Å²) in [5.74, 6) is -0.0850. The van der Waals surface area contributed by atoms with Gasteiger partial charge in [0.15, 0.2) is 0 Å². The van der Waals surface area contributed by atoms with Crippen LogP contribution in [0.1, 0.15) is 23.3 Å². The Balaban J connectivity index is 1.68. The summed E-state index contributed by atoms with van der Waals surface area (Å²) >= 11 is 5.56. The predicted molar refractivity (Wildman–Crippen MR) is 65.1 cm³/mol. The molecule has 96 valence electrons. The number of halogens is 1. The quantitative estimate of drug-likeness (QED) is 0.757. The van der Waals surface area contributed by atoms with Crippen molar-refractivity contribution in [3.8, 4) is 0 Å². The maximum absolute atomic E-state index is 11.6. The van der Waals surface area contributed by atoms with E-state index in [1.807, 2.05) is 0 Å². The summed E-state index contributed by atoms with van der Waals surface area (Å²) in [6.07, 6.45) is 4.56. The molecule has 1 aliphatic carbocycles. The van der Waals surface area contributed by atoms with E-state index in [2.05, 4.69) is 20.6 Å². The van der Waals surface area contributed by atoms with E-state index in [1.165, 1.54) is 12.4 Å². The van der Waals surface area contributed by atoms with Gasteiger partial charge in [-0.2, -0.15) is 0 Å². The summed E-state index contributed by atoms with van der Waals surface area (Å²) in [6, 6.07) is 0. The zero-order valence-corrected chi connectivity index (χ0v) is 10.4. The van der Waals surface area contributed by atoms with Crippen molar-refractivity contribution in [1.82, 2.24) is 20.6 Å². The van der Waals surface area contributed by atoms with E-state index < -0.39 is 0 Å². The van der Waals surface area contributed by atoms with Crippen LogP contribution in [0.3, 0.4) is 0 Å². The average molecular weight is 269 g/mol. The van der Waals surface area contributed by atoms with Crippen LogP contribution in [0.15, 0.2) is 12.4 Å². The summed E-state index contributed by atoms with van der Waals surface area (Å²) in [4.78, 5) is 30.5. The Kier molecular flexibility index (Phi) is 4.09. The van der Waals surface area contributed by atoms with E-state index in [0.29, 0.717) is 13.1 Å². The smallest absolute Gasteiger partial charge is 0.271 e. The molecule has 0 radical (unpaired) electrons. The molecule has 1 aliphatic rings. The Hall–Kier alpha value is -1.69. The number of hydrogen-bond donors (Lipinski definition) is 2. The number of amides is 2. The fourth-order valence-electron chi connectivity index (χ4n) is 1.37. The van der Waals surface area contributed by atoms with Gasteiger partial charge in [-0.3, -0.25) is 9.59 Å². The van der Waals surface area contributed by atoms with Gasteiger partial charge in [0.1, 0.15) is 10.8 Å². The van der Waals surface area contributed by atoms with Crippen LogP contribution >= 0.6 is 11.6 Å². The molecule has 0 spiro atoms. The number of carbonyl (C=O) groups is 2. The van der Waals surface area contributed by atoms with Crippen LogP contribution < -0.4 is 10.6 Å². The highest BCUT2D eigenvalue weighted by atomic mass is 35.5. The van der Waals surface area contributed by atoms with E-state index in [1.54, 1.807) is 0 Å². The van der Waals surface area contributed by atoms with Crippen molar-refractivity contribution in [2.24, 2.45) is 5.92 Å². The third-order valence-corrected chi connectivity index (χ3v) is 2.71. The molecule has 6 nitrogen and oxygen atoms in total. The number of carbonyl (C=O) groups excluding carboxylic acids is 2. The molecule has 0 atom stereocenters. The number of hydrogen-bond acceptors (Lipinski definition) is 4. The van der Waals surface area contributed by atoms with Crippen molar-refractivity contribution in [1.29, 1.82) is 0 Å². The van der Waals surface area contributed by atoms with Crippen molar-refractivity contribution in [3.63, 3.8) is 0 Å². The van der Waals surface area contributed by atoms with Gasteiger partial charge in [-0.25, -0.2) is 9.97 Å². The largest absolute Gasteiger partial charge is 0.354 e. The van der Waals surface area contributed by atoms with Crippen LogP contribution in [-0.2, 0) is 4.79 Å². The van der Waals surface area contributed by atoms with Crippen molar-refractivity contribution >= 4 is 23.4 Å². The van der Waals surface area contributed by atoms with Crippen LogP contribution in [0.4, 0.5) is 0 Å². The van der Waals surface area contributed by atoms with Crippen molar-refractivity contribution in [2.45, 2.75) is 12.8 Å². The summed E-state index contributed by atoms with van der Waals surface area (Å²) in [5.41, 5.74) is 0.202. The molecule has 0 aromatic carbocycles. The Morgan fingerprint density at radius 2 is 1.94 bits per heavy atom. The lowest BCUT2D eigenvalue weighted by atomic mass is 10.4. The van der Waals surface area contributed by atoms with E-state index in [9.17, 15) is 9.59 Å². The van der Waals surface area contributed by atoms with Gasteiger partial charge < -0.3 is 10.6 Å². The molecule has 18 heavy (non-hydrogen) atoms. The van der Waals surface area contributed by atoms with Gasteiger partial charge in [-0.05, 0) is 12.8 Å². The molecule has 0 aliphatic heterocycles. The first-order valence-corrected chi connectivity index (χ1v) is 6.08. The van der Waals surface area contributed by atoms with Crippen molar-refractivity contribution < 1.29 is 9.59 Å². The molecular weight excluding hydrogens is 256 g/mol. The van der Waals surface area contributed by atoms with E-state index in [-0.39, 0.29) is 28.6 Å². The first-order chi connectivity index (χ1) is 8.66. The molecule has 2 rings (SSSR count). The standard InChI is InChI=1S/C11H13ClN4O2/c12-9-6-15-8(5-16-9)11(18)14-4-3-13-10(17)7-1-2-7/h5-7H,1-4H2,(H,13,17)(H,14,18). The third kappa shape index (κ3) is 3.66. The normalized spacial score (nSPS) is 14.1. The van der Waals surface area contributed by atoms with E-state index in [4.69, 9.17) is 11.6 Å². The SMILES string of the molecule is O=C(NCCNC(=O)C1CC1)c1cnc(Cl)cn1. The second kappa shape index (κ2) is 5.77. The second-order valence-corrected chi connectivity index (χ2v) is 4.43. The molecule has 1 saturated carbocycles. The lowest BCUT2D eigenvalue weighted by Crippen LogP contribution is -2.35. The van der Waals surface area contributed by atoms with Crippen molar-refractivity contribution in [2.75, 3.05) is 13.1 Å². The minimum atomic E-state index is -0.333. The molecule has 0 bridgehead atoms. The summed E-state index contributed by atoms with van der Waals surface area (Å²) in [7, 11) is 0. The van der Waals surface area contributed by atoms with Crippen LogP contribution in [0.25, 0.3) is 0 Å². The van der Waals surface area contributed by atoms with Gasteiger partial charge in [0, 0.05) is 19.0 Å². The van der Waals surface area contributed by atoms with E-state index in [0.717, 1.165) is 12.8 Å². The molecule has 2 N–H and O–H groups in total. The molecule has 1 fully saturated rings. The van der Waals surface area contributed by atoms with E-state index >= 15 is 0 Å². The molecule has 2 amide bonds. The average Bonchev–Trinajstić information content (AvgIpc) is 3.19. The highest BCUT2D eigenvalue weighted by molar-refractivity contribution is 6.29. The van der Waals surface area contributed by atoms with Gasteiger partial charge in [-0.15, -0.1) is 0 Å². The Bertz CT molecular complexity index is 445. The monoisotopic (exact) mass is 268 g/mol. The Labute approximate surface area is 109 Å². The second-order valence-electron chi connectivity index (χ2n) is 4.05. The first kappa shape index (κ1) is 12.8. The summed E-state index contributed by atoms with van der Waals surface area (Å²) < 4.78 is 0. The highest BCUT2D eigenvalue weighted by Crippen LogP contribution is 2.28. The number of nitrogens with one attached hydrogen (secondary N) is 2. The lowest BCUT2D eigenvalue weighted by molar-refractivity contribution is -0.122. The highest BCUT2D eigenvalue weighted by Gasteiger charge is 2.28. The Morgan fingerprint density at radius 3 is 2.56 bits per heavy atom.